The summed E-state index contributed by atoms with van der Waals surface area (Å²) in [5.41, 5.74) is 1.95. The highest BCUT2D eigenvalue weighted by Gasteiger charge is 2.23. The quantitative estimate of drug-likeness (QED) is 0.653. The van der Waals surface area contributed by atoms with Crippen LogP contribution in [0.5, 0.6) is 0 Å². The van der Waals surface area contributed by atoms with Crippen molar-refractivity contribution in [2.75, 3.05) is 36.4 Å². The highest BCUT2D eigenvalue weighted by Crippen LogP contribution is 2.28. The van der Waals surface area contributed by atoms with Crippen molar-refractivity contribution in [3.05, 3.63) is 58.8 Å². The number of benzene rings is 2. The maximum absolute atomic E-state index is 13.0. The average molecular weight is 448 g/mol. The van der Waals surface area contributed by atoms with Gasteiger partial charge in [-0.05, 0) is 36.4 Å². The standard InChI is InChI=1S/C26H29N3O4/c1-17(30)28-12-14-29(15-13-28)19-10-8-18(9-11-19)23-16-21(31)24-20(6-5-7-22(24)33-23)27-25(32)26(2,3)4/h5-11,16H,12-15H2,1-4H3,(H,27,32). The van der Waals surface area contributed by atoms with Crippen LogP contribution in [-0.4, -0.2) is 42.9 Å². The Morgan fingerprint density at radius 1 is 0.970 bits per heavy atom. The van der Waals surface area contributed by atoms with Gasteiger partial charge in [-0.25, -0.2) is 0 Å². The van der Waals surface area contributed by atoms with Gasteiger partial charge in [0, 0.05) is 55.8 Å². The molecule has 1 aliphatic heterocycles. The Morgan fingerprint density at radius 3 is 2.24 bits per heavy atom. The fraction of sp³-hybridized carbons (Fsp3) is 0.346. The first-order valence-corrected chi connectivity index (χ1v) is 11.1. The summed E-state index contributed by atoms with van der Waals surface area (Å²) in [4.78, 5) is 41.0. The molecule has 172 valence electrons. The molecule has 2 heterocycles. The fourth-order valence-electron chi connectivity index (χ4n) is 3.88. The lowest BCUT2D eigenvalue weighted by atomic mass is 9.95. The summed E-state index contributed by atoms with van der Waals surface area (Å²) in [6.07, 6.45) is 0. The Balaban J connectivity index is 1.59. The van der Waals surface area contributed by atoms with Crippen molar-refractivity contribution in [3.63, 3.8) is 0 Å². The number of nitrogens with zero attached hydrogens (tertiary/aromatic N) is 2. The van der Waals surface area contributed by atoms with Crippen LogP contribution in [0.15, 0.2) is 57.7 Å². The molecule has 0 spiro atoms. The lowest BCUT2D eigenvalue weighted by molar-refractivity contribution is -0.129. The van der Waals surface area contributed by atoms with E-state index in [0.717, 1.165) is 24.3 Å². The Morgan fingerprint density at radius 2 is 1.64 bits per heavy atom. The number of fused-ring (bicyclic) bond motifs is 1. The van der Waals surface area contributed by atoms with Crippen LogP contribution >= 0.6 is 0 Å². The van der Waals surface area contributed by atoms with E-state index in [0.29, 0.717) is 35.5 Å². The highest BCUT2D eigenvalue weighted by atomic mass is 16.3. The molecule has 1 aliphatic rings. The van der Waals surface area contributed by atoms with Crippen LogP contribution in [0.2, 0.25) is 0 Å². The number of piperazine rings is 1. The van der Waals surface area contributed by atoms with Crippen molar-refractivity contribution in [1.82, 2.24) is 4.90 Å². The molecule has 4 rings (SSSR count). The lowest BCUT2D eigenvalue weighted by Crippen LogP contribution is -2.48. The first kappa shape index (κ1) is 22.6. The van der Waals surface area contributed by atoms with Gasteiger partial charge in [-0.1, -0.05) is 26.8 Å². The summed E-state index contributed by atoms with van der Waals surface area (Å²) in [5, 5.41) is 3.21. The van der Waals surface area contributed by atoms with Crippen LogP contribution in [0.3, 0.4) is 0 Å². The summed E-state index contributed by atoms with van der Waals surface area (Å²) in [5.74, 6) is 0.412. The molecule has 1 fully saturated rings. The van der Waals surface area contributed by atoms with Gasteiger partial charge in [0.1, 0.15) is 11.3 Å². The minimum absolute atomic E-state index is 0.109. The van der Waals surface area contributed by atoms with E-state index in [9.17, 15) is 14.4 Å². The number of hydrogen-bond donors (Lipinski definition) is 1. The zero-order valence-electron chi connectivity index (χ0n) is 19.5. The van der Waals surface area contributed by atoms with Crippen molar-refractivity contribution in [1.29, 1.82) is 0 Å². The van der Waals surface area contributed by atoms with Crippen LogP contribution in [0.25, 0.3) is 22.3 Å². The average Bonchev–Trinajstić information content (AvgIpc) is 2.78. The summed E-state index contributed by atoms with van der Waals surface area (Å²) in [6, 6.07) is 14.5. The maximum Gasteiger partial charge on any atom is 0.229 e. The first-order chi connectivity index (χ1) is 15.6. The maximum atomic E-state index is 13.0. The minimum atomic E-state index is -0.581. The van der Waals surface area contributed by atoms with Crippen LogP contribution in [0, 0.1) is 5.41 Å². The van der Waals surface area contributed by atoms with E-state index in [-0.39, 0.29) is 17.2 Å². The second-order valence-corrected chi connectivity index (χ2v) is 9.40. The second-order valence-electron chi connectivity index (χ2n) is 9.40. The third-order valence-corrected chi connectivity index (χ3v) is 5.93. The van der Waals surface area contributed by atoms with Crippen molar-refractivity contribution >= 4 is 34.2 Å². The number of carbonyl (C=O) groups excluding carboxylic acids is 2. The van der Waals surface area contributed by atoms with Crippen molar-refractivity contribution in [2.24, 2.45) is 5.41 Å². The van der Waals surface area contributed by atoms with Gasteiger partial charge >= 0.3 is 0 Å². The molecular formula is C26H29N3O4. The number of anilines is 2. The minimum Gasteiger partial charge on any atom is -0.456 e. The summed E-state index contributed by atoms with van der Waals surface area (Å²) >= 11 is 0. The van der Waals surface area contributed by atoms with Crippen LogP contribution in [-0.2, 0) is 9.59 Å². The third kappa shape index (κ3) is 4.77. The summed E-state index contributed by atoms with van der Waals surface area (Å²) in [6.45, 7) is 10.1. The summed E-state index contributed by atoms with van der Waals surface area (Å²) < 4.78 is 6.05. The third-order valence-electron chi connectivity index (χ3n) is 5.93. The fourth-order valence-corrected chi connectivity index (χ4v) is 3.88. The molecule has 0 unspecified atom stereocenters. The first-order valence-electron chi connectivity index (χ1n) is 11.1. The number of nitrogens with one attached hydrogen (secondary N) is 1. The van der Waals surface area contributed by atoms with E-state index >= 15 is 0 Å². The Bertz CT molecular complexity index is 1250. The zero-order valence-corrected chi connectivity index (χ0v) is 19.5. The summed E-state index contributed by atoms with van der Waals surface area (Å²) in [7, 11) is 0. The van der Waals surface area contributed by atoms with E-state index in [2.05, 4.69) is 10.2 Å². The topological polar surface area (TPSA) is 82.9 Å². The van der Waals surface area contributed by atoms with E-state index in [1.165, 1.54) is 6.07 Å². The molecule has 3 aromatic rings. The Hall–Kier alpha value is -3.61. The predicted molar refractivity (Wildman–Crippen MR) is 130 cm³/mol. The van der Waals surface area contributed by atoms with Crippen LogP contribution in [0.1, 0.15) is 27.7 Å². The van der Waals surface area contributed by atoms with Gasteiger partial charge in [-0.15, -0.1) is 0 Å². The van der Waals surface area contributed by atoms with Crippen molar-refractivity contribution < 1.29 is 14.0 Å². The van der Waals surface area contributed by atoms with Gasteiger partial charge in [0.2, 0.25) is 11.8 Å². The molecule has 1 N–H and O–H groups in total. The largest absolute Gasteiger partial charge is 0.456 e. The SMILES string of the molecule is CC(=O)N1CCN(c2ccc(-c3cc(=O)c4c(NC(=O)C(C)(C)C)cccc4o3)cc2)CC1. The molecule has 2 aromatic carbocycles. The van der Waals surface area contributed by atoms with E-state index in [4.69, 9.17) is 4.42 Å². The molecule has 7 nitrogen and oxygen atoms in total. The van der Waals surface area contributed by atoms with Gasteiger partial charge in [-0.3, -0.25) is 14.4 Å². The molecule has 0 radical (unpaired) electrons. The van der Waals surface area contributed by atoms with Gasteiger partial charge < -0.3 is 19.5 Å². The number of carbonyl (C=O) groups is 2. The van der Waals surface area contributed by atoms with Gasteiger partial charge in [0.05, 0.1) is 11.1 Å². The van der Waals surface area contributed by atoms with Gasteiger partial charge in [-0.2, -0.15) is 0 Å². The number of amides is 2. The monoisotopic (exact) mass is 447 g/mol. The number of hydrogen-bond acceptors (Lipinski definition) is 5. The molecular weight excluding hydrogens is 418 g/mol. The lowest BCUT2D eigenvalue weighted by Gasteiger charge is -2.35. The highest BCUT2D eigenvalue weighted by molar-refractivity contribution is 6.02. The predicted octanol–water partition coefficient (Wildman–Crippen LogP) is 4.11. The number of rotatable bonds is 3. The molecule has 0 bridgehead atoms. The molecule has 1 saturated heterocycles. The molecule has 0 saturated carbocycles. The molecule has 7 heteroatoms. The molecule has 1 aromatic heterocycles. The second kappa shape index (κ2) is 8.73. The Labute approximate surface area is 193 Å². The van der Waals surface area contributed by atoms with Crippen LogP contribution < -0.4 is 15.6 Å². The Kier molecular flexibility index (Phi) is 5.97. The van der Waals surface area contributed by atoms with Crippen LogP contribution in [0.4, 0.5) is 11.4 Å². The molecule has 0 atom stereocenters. The molecule has 2 amide bonds. The van der Waals surface area contributed by atoms with E-state index in [1.54, 1.807) is 25.1 Å². The normalized spacial score (nSPS) is 14.4. The van der Waals surface area contributed by atoms with Crippen molar-refractivity contribution in [2.45, 2.75) is 27.7 Å². The molecule has 33 heavy (non-hydrogen) atoms. The van der Waals surface area contributed by atoms with Gasteiger partial charge in [0.25, 0.3) is 0 Å². The smallest absolute Gasteiger partial charge is 0.229 e. The zero-order chi connectivity index (χ0) is 23.8. The van der Waals surface area contributed by atoms with E-state index < -0.39 is 5.41 Å². The van der Waals surface area contributed by atoms with E-state index in [1.807, 2.05) is 49.9 Å². The van der Waals surface area contributed by atoms with Crippen molar-refractivity contribution in [3.8, 4) is 11.3 Å². The van der Waals surface area contributed by atoms with Gasteiger partial charge in [0.15, 0.2) is 5.43 Å². The molecule has 0 aliphatic carbocycles.